The van der Waals surface area contributed by atoms with E-state index in [1.807, 2.05) is 12.1 Å². The number of aromatic amines is 1. The highest BCUT2D eigenvalue weighted by Gasteiger charge is 2.25. The van der Waals surface area contributed by atoms with Crippen LogP contribution in [0.4, 0.5) is 11.5 Å². The molecule has 0 unspecified atom stereocenters. The summed E-state index contributed by atoms with van der Waals surface area (Å²) in [5.41, 5.74) is 1.77. The maximum absolute atomic E-state index is 13.0. The predicted octanol–water partition coefficient (Wildman–Crippen LogP) is 2.34. The van der Waals surface area contributed by atoms with Gasteiger partial charge in [-0.1, -0.05) is 0 Å². The van der Waals surface area contributed by atoms with Gasteiger partial charge in [-0.3, -0.25) is 14.6 Å². The molecule has 1 fully saturated rings. The van der Waals surface area contributed by atoms with Crippen molar-refractivity contribution in [1.29, 1.82) is 0 Å². The summed E-state index contributed by atoms with van der Waals surface area (Å²) in [5, 5.41) is 6.31. The zero-order valence-corrected chi connectivity index (χ0v) is 20.2. The zero-order valence-electron chi connectivity index (χ0n) is 20.2. The Balaban J connectivity index is 1.27. The second-order valence-corrected chi connectivity index (χ2v) is 8.78. The van der Waals surface area contributed by atoms with E-state index in [1.54, 1.807) is 35.6 Å². The first-order valence-corrected chi connectivity index (χ1v) is 12.0. The third-order valence-corrected chi connectivity index (χ3v) is 5.77. The van der Waals surface area contributed by atoms with Crippen LogP contribution in [0.2, 0.25) is 0 Å². The highest BCUT2D eigenvalue weighted by molar-refractivity contribution is 5.96. The first-order chi connectivity index (χ1) is 17.0. The van der Waals surface area contributed by atoms with Crippen LogP contribution in [0.3, 0.4) is 0 Å². The topological polar surface area (TPSA) is 119 Å². The summed E-state index contributed by atoms with van der Waals surface area (Å²) in [6.07, 6.45) is 8.29. The number of hydrogen-bond acceptors (Lipinski definition) is 7. The van der Waals surface area contributed by atoms with Crippen LogP contribution in [0, 0.1) is 0 Å². The van der Waals surface area contributed by atoms with Gasteiger partial charge in [0, 0.05) is 70.0 Å². The fourth-order valence-corrected chi connectivity index (χ4v) is 4.01. The Labute approximate surface area is 205 Å². The molecular formula is C25H32N8O2. The van der Waals surface area contributed by atoms with Gasteiger partial charge in [0.05, 0.1) is 11.3 Å². The van der Waals surface area contributed by atoms with Crippen LogP contribution in [0.25, 0.3) is 0 Å². The third-order valence-electron chi connectivity index (χ3n) is 5.77. The Morgan fingerprint density at radius 2 is 1.89 bits per heavy atom. The van der Waals surface area contributed by atoms with Crippen molar-refractivity contribution >= 4 is 23.3 Å². The van der Waals surface area contributed by atoms with Crippen LogP contribution in [-0.2, 0) is 6.42 Å². The van der Waals surface area contributed by atoms with E-state index < -0.39 is 0 Å². The monoisotopic (exact) mass is 476 g/mol. The summed E-state index contributed by atoms with van der Waals surface area (Å²) >= 11 is 0. The molecule has 0 spiro atoms. The van der Waals surface area contributed by atoms with E-state index in [9.17, 15) is 9.59 Å². The summed E-state index contributed by atoms with van der Waals surface area (Å²) in [5.74, 6) is 1.48. The lowest BCUT2D eigenvalue weighted by molar-refractivity contribution is 0.0740. The number of H-pyrrole nitrogens is 1. The van der Waals surface area contributed by atoms with Crippen LogP contribution >= 0.6 is 0 Å². The first kappa shape index (κ1) is 24.2. The molecule has 4 rings (SSSR count). The van der Waals surface area contributed by atoms with Crippen molar-refractivity contribution in [3.8, 4) is 0 Å². The van der Waals surface area contributed by atoms with Gasteiger partial charge in [-0.25, -0.2) is 9.97 Å². The summed E-state index contributed by atoms with van der Waals surface area (Å²) in [4.78, 5) is 45.4. The van der Waals surface area contributed by atoms with Crippen molar-refractivity contribution in [2.75, 3.05) is 42.9 Å². The number of piperazine rings is 1. The molecular weight excluding hydrogens is 444 g/mol. The molecule has 1 aliphatic heterocycles. The lowest BCUT2D eigenvalue weighted by atomic mass is 10.2. The fraction of sp³-hybridized carbons (Fsp3) is 0.400. The lowest BCUT2D eigenvalue weighted by Crippen LogP contribution is -2.49. The first-order valence-electron chi connectivity index (χ1n) is 12.0. The van der Waals surface area contributed by atoms with Crippen molar-refractivity contribution < 1.29 is 9.59 Å². The van der Waals surface area contributed by atoms with Gasteiger partial charge in [-0.15, -0.1) is 0 Å². The van der Waals surface area contributed by atoms with E-state index in [-0.39, 0.29) is 11.8 Å². The average Bonchev–Trinajstić information content (AvgIpc) is 3.40. The zero-order chi connectivity index (χ0) is 24.6. The molecule has 1 aliphatic rings. The van der Waals surface area contributed by atoms with E-state index in [4.69, 9.17) is 0 Å². The highest BCUT2D eigenvalue weighted by Crippen LogP contribution is 2.24. The number of amides is 2. The third kappa shape index (κ3) is 6.34. The molecule has 10 nitrogen and oxygen atoms in total. The van der Waals surface area contributed by atoms with Crippen molar-refractivity contribution in [2.24, 2.45) is 0 Å². The summed E-state index contributed by atoms with van der Waals surface area (Å²) in [6, 6.07) is 7.52. The van der Waals surface area contributed by atoms with Gasteiger partial charge in [-0.2, -0.15) is 0 Å². The number of imidazole rings is 1. The number of nitrogens with one attached hydrogen (secondary N) is 3. The molecule has 4 heterocycles. The molecule has 0 atom stereocenters. The quantitative estimate of drug-likeness (QED) is 0.406. The minimum atomic E-state index is -0.203. The predicted molar refractivity (Wildman–Crippen MR) is 135 cm³/mol. The molecule has 3 N–H and O–H groups in total. The molecule has 10 heteroatoms. The Morgan fingerprint density at radius 3 is 2.57 bits per heavy atom. The van der Waals surface area contributed by atoms with E-state index in [0.29, 0.717) is 50.0 Å². The lowest BCUT2D eigenvalue weighted by Gasteiger charge is -2.36. The van der Waals surface area contributed by atoms with Crippen molar-refractivity contribution in [3.05, 3.63) is 66.1 Å². The second-order valence-electron chi connectivity index (χ2n) is 8.78. The maximum atomic E-state index is 13.0. The molecule has 1 saturated heterocycles. The Hall–Kier alpha value is -3.95. The van der Waals surface area contributed by atoms with Crippen molar-refractivity contribution in [3.63, 3.8) is 0 Å². The number of carbonyl (C=O) groups excluding carboxylic acids is 2. The van der Waals surface area contributed by atoms with E-state index in [2.05, 4.69) is 49.3 Å². The number of hydrogen-bond donors (Lipinski definition) is 3. The normalized spacial score (nSPS) is 13.7. The van der Waals surface area contributed by atoms with Crippen LogP contribution in [-0.4, -0.2) is 75.4 Å². The van der Waals surface area contributed by atoms with Crippen LogP contribution < -0.4 is 15.5 Å². The fourth-order valence-electron chi connectivity index (χ4n) is 4.01. The van der Waals surface area contributed by atoms with E-state index in [1.165, 1.54) is 6.20 Å². The van der Waals surface area contributed by atoms with Crippen LogP contribution in [0.5, 0.6) is 0 Å². The maximum Gasteiger partial charge on any atom is 0.272 e. The largest absolute Gasteiger partial charge is 0.380 e. The van der Waals surface area contributed by atoms with Crippen molar-refractivity contribution in [2.45, 2.75) is 32.7 Å². The van der Waals surface area contributed by atoms with Crippen molar-refractivity contribution in [1.82, 2.24) is 30.2 Å². The van der Waals surface area contributed by atoms with Gasteiger partial charge in [0.25, 0.3) is 11.8 Å². The van der Waals surface area contributed by atoms with Gasteiger partial charge in [0.2, 0.25) is 0 Å². The number of nitrogens with zero attached hydrogens (tertiary/aromatic N) is 5. The molecule has 0 saturated carbocycles. The highest BCUT2D eigenvalue weighted by atomic mass is 16.2. The number of aromatic nitrogens is 4. The van der Waals surface area contributed by atoms with Gasteiger partial charge >= 0.3 is 0 Å². The smallest absolute Gasteiger partial charge is 0.272 e. The van der Waals surface area contributed by atoms with Gasteiger partial charge < -0.3 is 25.4 Å². The minimum absolute atomic E-state index is 0.128. The number of anilines is 2. The molecule has 0 radical (unpaired) electrons. The average molecular weight is 477 g/mol. The van der Waals surface area contributed by atoms with Crippen LogP contribution in [0.15, 0.2) is 49.1 Å². The van der Waals surface area contributed by atoms with Gasteiger partial charge in [0.1, 0.15) is 11.5 Å². The van der Waals surface area contributed by atoms with Gasteiger partial charge in [0.15, 0.2) is 5.82 Å². The minimum Gasteiger partial charge on any atom is -0.380 e. The second kappa shape index (κ2) is 11.5. The Morgan fingerprint density at radius 1 is 1.06 bits per heavy atom. The number of aryl methyl sites for hydroxylation is 1. The molecule has 0 aromatic carbocycles. The molecule has 0 aliphatic carbocycles. The summed E-state index contributed by atoms with van der Waals surface area (Å²) in [6.45, 7) is 7.26. The molecule has 3 aromatic rings. The molecule has 184 valence electrons. The van der Waals surface area contributed by atoms with Crippen LogP contribution in [0.1, 0.15) is 46.9 Å². The number of pyridine rings is 2. The summed E-state index contributed by atoms with van der Waals surface area (Å²) in [7, 11) is 0. The Bertz CT molecular complexity index is 1110. The van der Waals surface area contributed by atoms with Gasteiger partial charge in [-0.05, 0) is 44.5 Å². The SMILES string of the molecule is CC(C)Nc1cccnc1N1CCN(C(=O)c2ccc(C(=O)NCCCc3ncc[nH]3)cn2)CC1. The van der Waals surface area contributed by atoms with E-state index in [0.717, 1.165) is 30.2 Å². The number of rotatable bonds is 9. The number of carbonyl (C=O) groups is 2. The molecule has 2 amide bonds. The molecule has 0 bridgehead atoms. The summed E-state index contributed by atoms with van der Waals surface area (Å²) < 4.78 is 0. The molecule has 3 aromatic heterocycles. The Kier molecular flexibility index (Phi) is 7.92. The molecule has 35 heavy (non-hydrogen) atoms. The van der Waals surface area contributed by atoms with E-state index >= 15 is 0 Å². The standard InChI is InChI=1S/C25H32N8O2/c1-18(2)31-20-5-3-9-28-23(20)32-13-15-33(16-14-32)25(35)21-8-7-19(17-30-21)24(34)29-10-4-6-22-26-11-12-27-22/h3,5,7-9,11-12,17-18,31H,4,6,10,13-16H2,1-2H3,(H,26,27)(H,29,34).